The molecule has 0 spiro atoms. The van der Waals surface area contributed by atoms with Crippen LogP contribution in [0.2, 0.25) is 0 Å². The molecule has 0 aliphatic heterocycles. The van der Waals surface area contributed by atoms with Crippen LogP contribution in [0.4, 0.5) is 0 Å². The fraction of sp³-hybridized carbons (Fsp3) is 0.308. The topological polar surface area (TPSA) is 47.0 Å². The van der Waals surface area contributed by atoms with E-state index in [1.54, 1.807) is 13.2 Å². The third-order valence-electron chi connectivity index (χ3n) is 3.09. The van der Waals surface area contributed by atoms with Gasteiger partial charge in [0.25, 0.3) is 5.56 Å². The van der Waals surface area contributed by atoms with E-state index in [0.29, 0.717) is 5.92 Å². The zero-order valence-electron chi connectivity index (χ0n) is 9.64. The molecule has 2 aromatic rings. The van der Waals surface area contributed by atoms with Gasteiger partial charge in [-0.3, -0.25) is 14.6 Å². The minimum atomic E-state index is -0.0391. The SMILES string of the molecule is COc1ccc(-n2[nH]c(=O)cc2C2CC2)cc1. The van der Waals surface area contributed by atoms with Crippen LogP contribution >= 0.6 is 0 Å². The lowest BCUT2D eigenvalue weighted by Gasteiger charge is -2.08. The van der Waals surface area contributed by atoms with Crippen molar-refractivity contribution in [2.24, 2.45) is 0 Å². The molecule has 1 fully saturated rings. The molecular weight excluding hydrogens is 216 g/mol. The molecule has 1 aromatic carbocycles. The van der Waals surface area contributed by atoms with Gasteiger partial charge in [0.2, 0.25) is 0 Å². The number of ether oxygens (including phenoxy) is 1. The summed E-state index contributed by atoms with van der Waals surface area (Å²) in [6.07, 6.45) is 2.35. The molecule has 4 nitrogen and oxygen atoms in total. The summed E-state index contributed by atoms with van der Waals surface area (Å²) in [6, 6.07) is 9.37. The number of nitrogens with zero attached hydrogens (tertiary/aromatic N) is 1. The molecule has 0 saturated heterocycles. The van der Waals surface area contributed by atoms with Gasteiger partial charge in [0.1, 0.15) is 5.75 Å². The van der Waals surface area contributed by atoms with Crippen molar-refractivity contribution in [1.82, 2.24) is 9.78 Å². The first-order valence-electron chi connectivity index (χ1n) is 5.74. The summed E-state index contributed by atoms with van der Waals surface area (Å²) < 4.78 is 6.99. The van der Waals surface area contributed by atoms with Gasteiger partial charge in [-0.1, -0.05) is 0 Å². The number of benzene rings is 1. The van der Waals surface area contributed by atoms with Crippen LogP contribution in [0.3, 0.4) is 0 Å². The third-order valence-corrected chi connectivity index (χ3v) is 3.09. The Balaban J connectivity index is 2.04. The molecule has 3 rings (SSSR count). The first-order valence-corrected chi connectivity index (χ1v) is 5.74. The first-order chi connectivity index (χ1) is 8.28. The van der Waals surface area contributed by atoms with Crippen molar-refractivity contribution in [1.29, 1.82) is 0 Å². The molecule has 1 N–H and O–H groups in total. The minimum absolute atomic E-state index is 0.0391. The molecule has 1 aliphatic rings. The average Bonchev–Trinajstić information content (AvgIpc) is 3.13. The second-order valence-corrected chi connectivity index (χ2v) is 4.35. The van der Waals surface area contributed by atoms with Crippen LogP contribution in [-0.2, 0) is 0 Å². The van der Waals surface area contributed by atoms with Crippen LogP contribution in [0.15, 0.2) is 35.1 Å². The number of hydrogen-bond donors (Lipinski definition) is 1. The van der Waals surface area contributed by atoms with Gasteiger partial charge >= 0.3 is 0 Å². The Morgan fingerprint density at radius 3 is 2.59 bits per heavy atom. The maximum Gasteiger partial charge on any atom is 0.264 e. The lowest BCUT2D eigenvalue weighted by atomic mass is 10.2. The van der Waals surface area contributed by atoms with Crippen molar-refractivity contribution >= 4 is 0 Å². The van der Waals surface area contributed by atoms with Crippen molar-refractivity contribution in [3.63, 3.8) is 0 Å². The summed E-state index contributed by atoms with van der Waals surface area (Å²) >= 11 is 0. The number of rotatable bonds is 3. The zero-order chi connectivity index (χ0) is 11.8. The quantitative estimate of drug-likeness (QED) is 0.877. The van der Waals surface area contributed by atoms with Gasteiger partial charge in [-0.05, 0) is 37.1 Å². The fourth-order valence-corrected chi connectivity index (χ4v) is 2.03. The van der Waals surface area contributed by atoms with Crippen LogP contribution < -0.4 is 10.3 Å². The predicted molar refractivity (Wildman–Crippen MR) is 64.9 cm³/mol. The van der Waals surface area contributed by atoms with E-state index in [2.05, 4.69) is 5.10 Å². The molecule has 0 atom stereocenters. The maximum absolute atomic E-state index is 11.4. The van der Waals surface area contributed by atoms with Crippen LogP contribution in [0, 0.1) is 0 Å². The Morgan fingerprint density at radius 2 is 2.00 bits per heavy atom. The second kappa shape index (κ2) is 3.80. The van der Waals surface area contributed by atoms with Gasteiger partial charge in [0.15, 0.2) is 0 Å². The number of H-pyrrole nitrogens is 1. The van der Waals surface area contributed by atoms with Crippen LogP contribution in [0.1, 0.15) is 24.5 Å². The summed E-state index contributed by atoms with van der Waals surface area (Å²) in [5, 5.41) is 2.84. The number of hydrogen-bond acceptors (Lipinski definition) is 2. The normalized spacial score (nSPS) is 14.9. The maximum atomic E-state index is 11.4. The Morgan fingerprint density at radius 1 is 1.29 bits per heavy atom. The fourth-order valence-electron chi connectivity index (χ4n) is 2.03. The van der Waals surface area contributed by atoms with E-state index in [1.807, 2.05) is 28.9 Å². The van der Waals surface area contributed by atoms with Crippen LogP contribution in [0.25, 0.3) is 5.69 Å². The molecule has 88 valence electrons. The van der Waals surface area contributed by atoms with Gasteiger partial charge in [0, 0.05) is 17.7 Å². The third kappa shape index (κ3) is 1.86. The Labute approximate surface area is 98.8 Å². The Kier molecular flexibility index (Phi) is 2.28. The van der Waals surface area contributed by atoms with Gasteiger partial charge in [-0.15, -0.1) is 0 Å². The Bertz CT molecular complexity index is 576. The number of aromatic amines is 1. The van der Waals surface area contributed by atoms with Gasteiger partial charge in [0.05, 0.1) is 12.8 Å². The van der Waals surface area contributed by atoms with E-state index in [1.165, 1.54) is 12.8 Å². The molecule has 0 bridgehead atoms. The highest BCUT2D eigenvalue weighted by Gasteiger charge is 2.27. The van der Waals surface area contributed by atoms with E-state index in [0.717, 1.165) is 17.1 Å². The highest BCUT2D eigenvalue weighted by atomic mass is 16.5. The van der Waals surface area contributed by atoms with Crippen LogP contribution in [-0.4, -0.2) is 16.9 Å². The smallest absolute Gasteiger partial charge is 0.264 e. The lowest BCUT2D eigenvalue weighted by molar-refractivity contribution is 0.414. The van der Waals surface area contributed by atoms with E-state index >= 15 is 0 Å². The molecule has 0 unspecified atom stereocenters. The molecular formula is C13H14N2O2. The highest BCUT2D eigenvalue weighted by Crippen LogP contribution is 2.40. The highest BCUT2D eigenvalue weighted by molar-refractivity contribution is 5.39. The number of nitrogens with one attached hydrogen (secondary N) is 1. The molecule has 0 radical (unpaired) electrons. The molecule has 17 heavy (non-hydrogen) atoms. The van der Waals surface area contributed by atoms with E-state index in [4.69, 9.17) is 4.74 Å². The monoisotopic (exact) mass is 230 g/mol. The number of aromatic nitrogens is 2. The molecule has 1 aliphatic carbocycles. The van der Waals surface area contributed by atoms with Gasteiger partial charge in [-0.2, -0.15) is 0 Å². The van der Waals surface area contributed by atoms with E-state index in [-0.39, 0.29) is 5.56 Å². The standard InChI is InChI=1S/C13H14N2O2/c1-17-11-6-4-10(5-7-11)15-12(9-2-3-9)8-13(16)14-15/h4-9H,2-3H2,1H3,(H,14,16). The molecule has 1 aromatic heterocycles. The molecule has 0 amide bonds. The van der Waals surface area contributed by atoms with Crippen molar-refractivity contribution in [3.8, 4) is 11.4 Å². The first kappa shape index (κ1) is 10.2. The predicted octanol–water partition coefficient (Wildman–Crippen LogP) is 2.05. The Hall–Kier alpha value is -1.97. The minimum Gasteiger partial charge on any atom is -0.497 e. The molecule has 1 heterocycles. The summed E-state index contributed by atoms with van der Waals surface area (Å²) in [7, 11) is 1.64. The van der Waals surface area contributed by atoms with Crippen molar-refractivity contribution in [2.75, 3.05) is 7.11 Å². The van der Waals surface area contributed by atoms with Gasteiger partial charge < -0.3 is 4.74 Å². The van der Waals surface area contributed by atoms with Crippen molar-refractivity contribution < 1.29 is 4.74 Å². The lowest BCUT2D eigenvalue weighted by Crippen LogP contribution is -2.04. The summed E-state index contributed by atoms with van der Waals surface area (Å²) in [6.45, 7) is 0. The largest absolute Gasteiger partial charge is 0.497 e. The van der Waals surface area contributed by atoms with Gasteiger partial charge in [-0.25, -0.2) is 0 Å². The zero-order valence-corrected chi connectivity index (χ0v) is 9.64. The van der Waals surface area contributed by atoms with E-state index < -0.39 is 0 Å². The van der Waals surface area contributed by atoms with Crippen LogP contribution in [0.5, 0.6) is 5.75 Å². The summed E-state index contributed by atoms with van der Waals surface area (Å²) in [4.78, 5) is 11.4. The summed E-state index contributed by atoms with van der Waals surface area (Å²) in [5.74, 6) is 1.35. The van der Waals surface area contributed by atoms with Crippen molar-refractivity contribution in [3.05, 3.63) is 46.4 Å². The van der Waals surface area contributed by atoms with E-state index in [9.17, 15) is 4.79 Å². The average molecular weight is 230 g/mol. The number of methoxy groups -OCH3 is 1. The molecule has 4 heteroatoms. The molecule has 1 saturated carbocycles. The second-order valence-electron chi connectivity index (χ2n) is 4.35. The van der Waals surface area contributed by atoms with Crippen molar-refractivity contribution in [2.45, 2.75) is 18.8 Å². The summed E-state index contributed by atoms with van der Waals surface area (Å²) in [5.41, 5.74) is 2.01.